The maximum absolute atomic E-state index is 6.14. The molecule has 25 heavy (non-hydrogen) atoms. The normalized spacial score (nSPS) is 11.6. The molecule has 0 saturated heterocycles. The van der Waals surface area contributed by atoms with Gasteiger partial charge in [0.05, 0.1) is 22.1 Å². The summed E-state index contributed by atoms with van der Waals surface area (Å²) in [6.45, 7) is 0. The third-order valence-electron chi connectivity index (χ3n) is 4.20. The molecule has 3 aromatic heterocycles. The lowest BCUT2D eigenvalue weighted by molar-refractivity contribution is 1.34. The van der Waals surface area contributed by atoms with Crippen LogP contribution in [0.2, 0.25) is 10.0 Å². The second-order valence-electron chi connectivity index (χ2n) is 5.77. The Morgan fingerprint density at radius 1 is 0.760 bits per heavy atom. The Bertz CT molecular complexity index is 1180. The van der Waals surface area contributed by atoms with Gasteiger partial charge in [-0.15, -0.1) is 0 Å². The number of benzene rings is 2. The summed E-state index contributed by atoms with van der Waals surface area (Å²) in [5, 5.41) is 3.08. The first-order chi connectivity index (χ1) is 12.2. The third-order valence-corrected chi connectivity index (χ3v) is 4.64. The Kier molecular flexibility index (Phi) is 3.17. The second-order valence-corrected chi connectivity index (χ2v) is 6.64. The standard InChI is InChI=1S/C19H10Cl2N4/c20-11-7-10(8-12(21)9-11)19-24-17-13-3-1-5-22-15(13)16-14(18(17)25-19)4-2-6-23-16/h1-9H,(H,24,25). The van der Waals surface area contributed by atoms with Crippen molar-refractivity contribution in [3.05, 3.63) is 64.9 Å². The van der Waals surface area contributed by atoms with E-state index < -0.39 is 0 Å². The molecule has 1 N–H and O–H groups in total. The maximum atomic E-state index is 6.14. The fourth-order valence-corrected chi connectivity index (χ4v) is 3.70. The van der Waals surface area contributed by atoms with Crippen LogP contribution in [0, 0.1) is 0 Å². The number of fused-ring (bicyclic) bond motifs is 6. The number of nitrogens with one attached hydrogen (secondary N) is 1. The molecule has 0 aliphatic carbocycles. The van der Waals surface area contributed by atoms with E-state index in [9.17, 15) is 0 Å². The average Bonchev–Trinajstić information content (AvgIpc) is 3.07. The number of pyridine rings is 2. The number of hydrogen-bond donors (Lipinski definition) is 1. The van der Waals surface area contributed by atoms with E-state index in [0.717, 1.165) is 38.4 Å². The molecule has 0 saturated carbocycles. The largest absolute Gasteiger partial charge is 0.337 e. The Labute approximate surface area is 152 Å². The minimum atomic E-state index is 0.570. The zero-order chi connectivity index (χ0) is 17.0. The van der Waals surface area contributed by atoms with Crippen molar-refractivity contribution in [1.29, 1.82) is 0 Å². The van der Waals surface area contributed by atoms with Gasteiger partial charge in [0.1, 0.15) is 5.82 Å². The van der Waals surface area contributed by atoms with E-state index in [1.54, 1.807) is 18.5 Å². The quantitative estimate of drug-likeness (QED) is 0.392. The van der Waals surface area contributed by atoms with Crippen LogP contribution in [0.25, 0.3) is 44.2 Å². The molecule has 2 aromatic carbocycles. The summed E-state index contributed by atoms with van der Waals surface area (Å²) in [5.74, 6) is 0.709. The fourth-order valence-electron chi connectivity index (χ4n) is 3.17. The number of aromatic amines is 1. The molecule has 0 bridgehead atoms. The molecule has 0 aliphatic rings. The lowest BCUT2D eigenvalue weighted by atomic mass is 10.1. The van der Waals surface area contributed by atoms with E-state index in [0.29, 0.717) is 15.9 Å². The highest BCUT2D eigenvalue weighted by Gasteiger charge is 2.15. The van der Waals surface area contributed by atoms with E-state index in [-0.39, 0.29) is 0 Å². The lowest BCUT2D eigenvalue weighted by Crippen LogP contribution is -1.86. The van der Waals surface area contributed by atoms with Gasteiger partial charge in [-0.25, -0.2) is 4.98 Å². The number of rotatable bonds is 1. The van der Waals surface area contributed by atoms with Crippen molar-refractivity contribution < 1.29 is 0 Å². The van der Waals surface area contributed by atoms with E-state index in [1.807, 2.05) is 36.4 Å². The van der Waals surface area contributed by atoms with E-state index >= 15 is 0 Å². The smallest absolute Gasteiger partial charge is 0.138 e. The Hall–Kier alpha value is -2.69. The highest BCUT2D eigenvalue weighted by Crippen LogP contribution is 2.34. The van der Waals surface area contributed by atoms with Crippen LogP contribution >= 0.6 is 23.2 Å². The summed E-state index contributed by atoms with van der Waals surface area (Å²) in [6.07, 6.45) is 3.54. The van der Waals surface area contributed by atoms with E-state index in [1.165, 1.54) is 0 Å². The summed E-state index contributed by atoms with van der Waals surface area (Å²) in [4.78, 5) is 17.2. The number of aromatic nitrogens is 4. The van der Waals surface area contributed by atoms with Crippen LogP contribution in [0.4, 0.5) is 0 Å². The molecule has 5 rings (SSSR count). The summed E-state index contributed by atoms with van der Waals surface area (Å²) >= 11 is 12.3. The highest BCUT2D eigenvalue weighted by atomic mass is 35.5. The van der Waals surface area contributed by atoms with Crippen molar-refractivity contribution in [2.24, 2.45) is 0 Å². The predicted molar refractivity (Wildman–Crippen MR) is 102 cm³/mol. The molecule has 0 aliphatic heterocycles. The van der Waals surface area contributed by atoms with Crippen molar-refractivity contribution >= 4 is 56.0 Å². The van der Waals surface area contributed by atoms with E-state index in [4.69, 9.17) is 28.2 Å². The number of imidazole rings is 1. The van der Waals surface area contributed by atoms with Crippen LogP contribution in [0.1, 0.15) is 0 Å². The first-order valence-corrected chi connectivity index (χ1v) is 8.44. The fraction of sp³-hybridized carbons (Fsp3) is 0. The first-order valence-electron chi connectivity index (χ1n) is 7.68. The van der Waals surface area contributed by atoms with Gasteiger partial charge in [0.2, 0.25) is 0 Å². The van der Waals surface area contributed by atoms with Crippen molar-refractivity contribution in [3.8, 4) is 11.4 Å². The minimum absolute atomic E-state index is 0.570. The van der Waals surface area contributed by atoms with Gasteiger partial charge in [-0.2, -0.15) is 0 Å². The number of nitrogens with zero attached hydrogens (tertiary/aromatic N) is 3. The Balaban J connectivity index is 1.94. The zero-order valence-electron chi connectivity index (χ0n) is 12.8. The van der Waals surface area contributed by atoms with Gasteiger partial charge in [0.15, 0.2) is 0 Å². The molecule has 0 spiro atoms. The van der Waals surface area contributed by atoms with Crippen LogP contribution in [0.15, 0.2) is 54.9 Å². The van der Waals surface area contributed by atoms with E-state index in [2.05, 4.69) is 15.0 Å². The molecular weight excluding hydrogens is 355 g/mol. The molecule has 5 aromatic rings. The highest BCUT2D eigenvalue weighted by molar-refractivity contribution is 6.35. The van der Waals surface area contributed by atoms with Gasteiger partial charge in [0, 0.05) is 38.8 Å². The Morgan fingerprint density at radius 2 is 1.40 bits per heavy atom. The third kappa shape index (κ3) is 2.26. The molecule has 0 radical (unpaired) electrons. The van der Waals surface area contributed by atoms with Gasteiger partial charge < -0.3 is 4.98 Å². The molecule has 0 unspecified atom stereocenters. The van der Waals surface area contributed by atoms with Crippen LogP contribution in [-0.4, -0.2) is 19.9 Å². The average molecular weight is 365 g/mol. The monoisotopic (exact) mass is 364 g/mol. The SMILES string of the molecule is Clc1cc(Cl)cc(-c2nc3c4cccnc4c4ncccc4c3[nH]2)c1. The number of H-pyrrole nitrogens is 1. The summed E-state index contributed by atoms with van der Waals surface area (Å²) < 4.78 is 0. The first kappa shape index (κ1) is 14.6. The van der Waals surface area contributed by atoms with Crippen molar-refractivity contribution in [3.63, 3.8) is 0 Å². The van der Waals surface area contributed by atoms with Crippen molar-refractivity contribution in [2.75, 3.05) is 0 Å². The predicted octanol–water partition coefficient (Wildman–Crippen LogP) is 5.63. The topological polar surface area (TPSA) is 54.5 Å². The van der Waals surface area contributed by atoms with Crippen molar-refractivity contribution in [2.45, 2.75) is 0 Å². The van der Waals surface area contributed by atoms with Crippen LogP contribution in [0.3, 0.4) is 0 Å². The molecule has 3 heterocycles. The van der Waals surface area contributed by atoms with Crippen molar-refractivity contribution in [1.82, 2.24) is 19.9 Å². The summed E-state index contributed by atoms with van der Waals surface area (Å²) in [5.41, 5.74) is 4.31. The molecule has 120 valence electrons. The minimum Gasteiger partial charge on any atom is -0.337 e. The van der Waals surface area contributed by atoms with Crippen LogP contribution in [-0.2, 0) is 0 Å². The number of hydrogen-bond acceptors (Lipinski definition) is 3. The zero-order valence-corrected chi connectivity index (χ0v) is 14.3. The summed E-state index contributed by atoms with van der Waals surface area (Å²) in [7, 11) is 0. The second kappa shape index (κ2) is 5.41. The van der Waals surface area contributed by atoms with Gasteiger partial charge in [-0.3, -0.25) is 9.97 Å². The lowest BCUT2D eigenvalue weighted by Gasteiger charge is -2.03. The molecule has 4 nitrogen and oxygen atoms in total. The Morgan fingerprint density at radius 3 is 2.12 bits per heavy atom. The molecule has 0 atom stereocenters. The maximum Gasteiger partial charge on any atom is 0.138 e. The van der Waals surface area contributed by atoms with Crippen LogP contribution < -0.4 is 0 Å². The molecule has 6 heteroatoms. The van der Waals surface area contributed by atoms with Gasteiger partial charge in [-0.05, 0) is 42.5 Å². The summed E-state index contributed by atoms with van der Waals surface area (Å²) in [6, 6.07) is 13.2. The number of halogens is 2. The molecule has 0 amide bonds. The van der Waals surface area contributed by atoms with Crippen LogP contribution in [0.5, 0.6) is 0 Å². The molecule has 0 fully saturated rings. The van der Waals surface area contributed by atoms with Gasteiger partial charge >= 0.3 is 0 Å². The van der Waals surface area contributed by atoms with Gasteiger partial charge in [0.25, 0.3) is 0 Å². The van der Waals surface area contributed by atoms with Gasteiger partial charge in [-0.1, -0.05) is 23.2 Å². The molecular formula is C19H10Cl2N4.